The minimum atomic E-state index is 0.547. The molecule has 0 fully saturated rings. The third-order valence-corrected chi connectivity index (χ3v) is 6.61. The summed E-state index contributed by atoms with van der Waals surface area (Å²) >= 11 is 0. The van der Waals surface area contributed by atoms with Gasteiger partial charge in [0.1, 0.15) is 23.0 Å². The molecule has 0 heterocycles. The minimum absolute atomic E-state index is 0.547. The standard InChI is InChI=1S/C33H36O6/c1-34-27-15-13-23(14-16-27)9-11-25-18-29(36-3)22-30(19-25)39-32-21-26(20-31(37-4)33(32)38-5)12-10-24-7-6-8-28(17-24)35-2/h6-8,13-22H,9-12H2,1-5H3. The summed E-state index contributed by atoms with van der Waals surface area (Å²) < 4.78 is 34.0. The van der Waals surface area contributed by atoms with Gasteiger partial charge in [0, 0.05) is 6.07 Å². The molecule has 0 spiro atoms. The molecular weight excluding hydrogens is 492 g/mol. The Kier molecular flexibility index (Phi) is 9.57. The number of ether oxygens (including phenoxy) is 6. The van der Waals surface area contributed by atoms with Crippen LogP contribution in [-0.2, 0) is 25.7 Å². The Morgan fingerprint density at radius 2 is 1.00 bits per heavy atom. The summed E-state index contributed by atoms with van der Waals surface area (Å²) in [5.74, 6) is 4.87. The van der Waals surface area contributed by atoms with Crippen LogP contribution >= 0.6 is 0 Å². The van der Waals surface area contributed by atoms with Gasteiger partial charge in [-0.1, -0.05) is 24.3 Å². The van der Waals surface area contributed by atoms with E-state index in [1.807, 2.05) is 54.6 Å². The number of rotatable bonds is 13. The molecule has 0 saturated carbocycles. The van der Waals surface area contributed by atoms with Crippen molar-refractivity contribution in [3.8, 4) is 40.2 Å². The molecule has 0 atom stereocenters. The minimum Gasteiger partial charge on any atom is -0.497 e. The number of methoxy groups -OCH3 is 5. The molecule has 4 aromatic rings. The summed E-state index contributed by atoms with van der Waals surface area (Å²) in [7, 11) is 8.27. The fourth-order valence-electron chi connectivity index (χ4n) is 4.48. The number of aryl methyl sites for hydroxylation is 4. The molecule has 6 heteroatoms. The van der Waals surface area contributed by atoms with Gasteiger partial charge in [0.05, 0.1) is 35.5 Å². The van der Waals surface area contributed by atoms with Crippen LogP contribution in [0.1, 0.15) is 22.3 Å². The average molecular weight is 529 g/mol. The second kappa shape index (κ2) is 13.5. The van der Waals surface area contributed by atoms with Gasteiger partial charge in [-0.2, -0.15) is 0 Å². The monoisotopic (exact) mass is 528 g/mol. The lowest BCUT2D eigenvalue weighted by atomic mass is 10.0. The van der Waals surface area contributed by atoms with E-state index >= 15 is 0 Å². The lowest BCUT2D eigenvalue weighted by Gasteiger charge is -2.17. The van der Waals surface area contributed by atoms with Gasteiger partial charge in [-0.3, -0.25) is 0 Å². The topological polar surface area (TPSA) is 55.4 Å². The van der Waals surface area contributed by atoms with Crippen molar-refractivity contribution in [1.82, 2.24) is 0 Å². The van der Waals surface area contributed by atoms with Gasteiger partial charge in [0.15, 0.2) is 11.5 Å². The maximum atomic E-state index is 6.42. The molecule has 4 aromatic carbocycles. The lowest BCUT2D eigenvalue weighted by Crippen LogP contribution is -1.99. The first-order valence-corrected chi connectivity index (χ1v) is 12.9. The Morgan fingerprint density at radius 3 is 1.67 bits per heavy atom. The van der Waals surface area contributed by atoms with Crippen molar-refractivity contribution in [3.05, 3.63) is 101 Å². The van der Waals surface area contributed by atoms with E-state index in [1.165, 1.54) is 11.1 Å². The van der Waals surface area contributed by atoms with Crippen LogP contribution in [-0.4, -0.2) is 35.5 Å². The van der Waals surface area contributed by atoms with Crippen LogP contribution in [0.2, 0.25) is 0 Å². The fourth-order valence-corrected chi connectivity index (χ4v) is 4.48. The Balaban J connectivity index is 1.56. The number of benzene rings is 4. The molecule has 0 aliphatic heterocycles. The van der Waals surface area contributed by atoms with Crippen molar-refractivity contribution in [3.63, 3.8) is 0 Å². The Morgan fingerprint density at radius 1 is 0.410 bits per heavy atom. The van der Waals surface area contributed by atoms with Gasteiger partial charge in [0.25, 0.3) is 0 Å². The zero-order valence-electron chi connectivity index (χ0n) is 23.3. The third-order valence-electron chi connectivity index (χ3n) is 6.61. The highest BCUT2D eigenvalue weighted by molar-refractivity contribution is 5.56. The average Bonchev–Trinajstić information content (AvgIpc) is 2.98. The third kappa shape index (κ3) is 7.38. The van der Waals surface area contributed by atoms with Crippen LogP contribution in [0.15, 0.2) is 78.9 Å². The normalized spacial score (nSPS) is 10.6. The molecule has 0 unspecified atom stereocenters. The van der Waals surface area contributed by atoms with Crippen molar-refractivity contribution in [2.45, 2.75) is 25.7 Å². The van der Waals surface area contributed by atoms with Crippen LogP contribution in [0.4, 0.5) is 0 Å². The van der Waals surface area contributed by atoms with E-state index < -0.39 is 0 Å². The van der Waals surface area contributed by atoms with Crippen LogP contribution in [0, 0.1) is 0 Å². The van der Waals surface area contributed by atoms with Crippen molar-refractivity contribution < 1.29 is 28.4 Å². The van der Waals surface area contributed by atoms with E-state index in [4.69, 9.17) is 28.4 Å². The lowest BCUT2D eigenvalue weighted by molar-refractivity contribution is 0.335. The van der Waals surface area contributed by atoms with E-state index in [9.17, 15) is 0 Å². The van der Waals surface area contributed by atoms with Gasteiger partial charge in [0.2, 0.25) is 5.75 Å². The maximum absolute atomic E-state index is 6.42. The molecule has 4 rings (SSSR count). The van der Waals surface area contributed by atoms with E-state index in [1.54, 1.807) is 35.5 Å². The first-order chi connectivity index (χ1) is 19.0. The smallest absolute Gasteiger partial charge is 0.203 e. The molecule has 0 amide bonds. The second-order valence-corrected chi connectivity index (χ2v) is 9.15. The van der Waals surface area contributed by atoms with Crippen LogP contribution < -0.4 is 28.4 Å². The number of hydrogen-bond acceptors (Lipinski definition) is 6. The van der Waals surface area contributed by atoms with Gasteiger partial charge >= 0.3 is 0 Å². The highest BCUT2D eigenvalue weighted by Gasteiger charge is 2.16. The molecule has 204 valence electrons. The van der Waals surface area contributed by atoms with Crippen molar-refractivity contribution in [1.29, 1.82) is 0 Å². The van der Waals surface area contributed by atoms with E-state index in [0.29, 0.717) is 23.0 Å². The van der Waals surface area contributed by atoms with Gasteiger partial charge in [-0.15, -0.1) is 0 Å². The van der Waals surface area contributed by atoms with Crippen molar-refractivity contribution in [2.75, 3.05) is 35.5 Å². The Bertz CT molecular complexity index is 1360. The first-order valence-electron chi connectivity index (χ1n) is 12.9. The predicted octanol–water partition coefficient (Wildman–Crippen LogP) is 7.09. The summed E-state index contributed by atoms with van der Waals surface area (Å²) in [6, 6.07) is 26.2. The molecule has 0 aliphatic rings. The summed E-state index contributed by atoms with van der Waals surface area (Å²) in [6.45, 7) is 0. The summed E-state index contributed by atoms with van der Waals surface area (Å²) in [5, 5.41) is 0. The second-order valence-electron chi connectivity index (χ2n) is 9.15. The predicted molar refractivity (Wildman–Crippen MR) is 153 cm³/mol. The largest absolute Gasteiger partial charge is 0.497 e. The summed E-state index contributed by atoms with van der Waals surface area (Å²) in [4.78, 5) is 0. The molecule has 0 radical (unpaired) electrons. The van der Waals surface area contributed by atoms with Crippen molar-refractivity contribution in [2.24, 2.45) is 0 Å². The highest BCUT2D eigenvalue weighted by Crippen LogP contribution is 2.41. The fraction of sp³-hybridized carbons (Fsp3) is 0.273. The zero-order chi connectivity index (χ0) is 27.6. The van der Waals surface area contributed by atoms with Crippen LogP contribution in [0.25, 0.3) is 0 Å². The van der Waals surface area contributed by atoms with E-state index in [2.05, 4.69) is 24.3 Å². The van der Waals surface area contributed by atoms with E-state index in [0.717, 1.165) is 54.1 Å². The number of hydrogen-bond donors (Lipinski definition) is 0. The molecule has 0 aromatic heterocycles. The molecule has 0 aliphatic carbocycles. The molecule has 0 saturated heterocycles. The Labute approximate surface area is 231 Å². The zero-order valence-corrected chi connectivity index (χ0v) is 23.3. The summed E-state index contributed by atoms with van der Waals surface area (Å²) in [5.41, 5.74) is 4.62. The molecule has 0 bridgehead atoms. The van der Waals surface area contributed by atoms with Crippen molar-refractivity contribution >= 4 is 0 Å². The first kappa shape index (κ1) is 27.7. The van der Waals surface area contributed by atoms with Gasteiger partial charge < -0.3 is 28.4 Å². The maximum Gasteiger partial charge on any atom is 0.203 e. The van der Waals surface area contributed by atoms with Gasteiger partial charge in [-0.05, 0) is 96.5 Å². The quantitative estimate of drug-likeness (QED) is 0.185. The summed E-state index contributed by atoms with van der Waals surface area (Å²) in [6.07, 6.45) is 3.37. The highest BCUT2D eigenvalue weighted by atomic mass is 16.5. The Hall–Kier alpha value is -4.32. The molecule has 39 heavy (non-hydrogen) atoms. The van der Waals surface area contributed by atoms with Crippen LogP contribution in [0.5, 0.6) is 40.2 Å². The van der Waals surface area contributed by atoms with E-state index in [-0.39, 0.29) is 0 Å². The SMILES string of the molecule is COc1ccc(CCc2cc(OC)cc(Oc3cc(CCc4cccc(OC)c4)cc(OC)c3OC)c2)cc1. The molecular formula is C33H36O6. The molecule has 0 N–H and O–H groups in total. The van der Waals surface area contributed by atoms with Crippen LogP contribution in [0.3, 0.4) is 0 Å². The van der Waals surface area contributed by atoms with Gasteiger partial charge in [-0.25, -0.2) is 0 Å². The molecule has 6 nitrogen and oxygen atoms in total.